The lowest BCUT2D eigenvalue weighted by Gasteiger charge is -2.23. The first kappa shape index (κ1) is 30.7. The molecule has 1 aliphatic carbocycles. The fraction of sp³-hybridized carbons (Fsp3) is 0.300. The summed E-state index contributed by atoms with van der Waals surface area (Å²) in [6.45, 7) is 2.60. The molecular formula is C30H26Br4ClN3O3. The van der Waals surface area contributed by atoms with Crippen LogP contribution in [0, 0.1) is 0 Å². The van der Waals surface area contributed by atoms with Gasteiger partial charge in [-0.1, -0.05) is 84.7 Å². The lowest BCUT2D eigenvalue weighted by Crippen LogP contribution is -2.25. The third-order valence-corrected chi connectivity index (χ3v) is 10.1. The van der Waals surface area contributed by atoms with Gasteiger partial charge in [-0.3, -0.25) is 4.79 Å². The number of hydrogen-bond donors (Lipinski definition) is 0. The molecule has 5 rings (SSSR count). The second-order valence-electron chi connectivity index (χ2n) is 9.71. The second-order valence-corrected chi connectivity index (χ2v) is 13.6. The molecule has 1 heterocycles. The molecule has 6 nitrogen and oxygen atoms in total. The molecular weight excluding hydrogens is 805 g/mol. The summed E-state index contributed by atoms with van der Waals surface area (Å²) in [7, 11) is 0. The van der Waals surface area contributed by atoms with Gasteiger partial charge >= 0.3 is 0 Å². The predicted molar refractivity (Wildman–Crippen MR) is 179 cm³/mol. The predicted octanol–water partition coefficient (Wildman–Crippen LogP) is 10.0. The van der Waals surface area contributed by atoms with Gasteiger partial charge in [-0.15, -0.1) is 0 Å². The molecule has 0 spiro atoms. The number of benzene rings is 3. The van der Waals surface area contributed by atoms with Crippen LogP contribution in [0.4, 0.5) is 0 Å². The molecule has 3 aromatic carbocycles. The summed E-state index contributed by atoms with van der Waals surface area (Å²) in [5.74, 6) is 1.76. The van der Waals surface area contributed by atoms with Crippen molar-refractivity contribution in [3.8, 4) is 11.5 Å². The highest BCUT2D eigenvalue weighted by molar-refractivity contribution is 9.11. The van der Waals surface area contributed by atoms with Crippen molar-refractivity contribution in [3.05, 3.63) is 92.7 Å². The number of rotatable bonds is 8. The number of hydrogen-bond acceptors (Lipinski definition) is 5. The molecule has 0 bridgehead atoms. The van der Waals surface area contributed by atoms with Crippen LogP contribution in [0.5, 0.6) is 11.5 Å². The molecule has 0 atom stereocenters. The minimum atomic E-state index is -0.208. The molecule has 1 saturated carbocycles. The zero-order valence-corrected chi connectivity index (χ0v) is 29.2. The molecule has 0 radical (unpaired) electrons. The normalized spacial score (nSPS) is 14.2. The van der Waals surface area contributed by atoms with E-state index in [1.807, 2.05) is 43.3 Å². The Kier molecular flexibility index (Phi) is 10.3. The van der Waals surface area contributed by atoms with Crippen molar-refractivity contribution in [2.24, 2.45) is 5.10 Å². The van der Waals surface area contributed by atoms with Gasteiger partial charge in [-0.25, -0.2) is 4.98 Å². The lowest BCUT2D eigenvalue weighted by molar-refractivity contribution is 0.269. The summed E-state index contributed by atoms with van der Waals surface area (Å²) >= 11 is 21.0. The highest BCUT2D eigenvalue weighted by Gasteiger charge is 2.23. The summed E-state index contributed by atoms with van der Waals surface area (Å²) < 4.78 is 16.8. The first-order chi connectivity index (χ1) is 19.8. The molecule has 0 unspecified atom stereocenters. The molecule has 0 saturated heterocycles. The Balaban J connectivity index is 1.54. The average Bonchev–Trinajstić information content (AvgIpc) is 2.96. The molecule has 11 heteroatoms. The Morgan fingerprint density at radius 2 is 1.76 bits per heavy atom. The van der Waals surface area contributed by atoms with Gasteiger partial charge in [0, 0.05) is 34.9 Å². The van der Waals surface area contributed by atoms with Crippen molar-refractivity contribution >= 4 is 92.4 Å². The van der Waals surface area contributed by atoms with Crippen molar-refractivity contribution in [3.63, 3.8) is 0 Å². The number of fused-ring (bicyclic) bond motifs is 1. The molecule has 4 aromatic rings. The molecule has 1 fully saturated rings. The number of nitrogens with zero attached hydrogens (tertiary/aromatic N) is 3. The lowest BCUT2D eigenvalue weighted by atomic mass is 9.88. The summed E-state index contributed by atoms with van der Waals surface area (Å²) in [5.41, 5.74) is 2.07. The first-order valence-corrected chi connectivity index (χ1v) is 16.8. The molecule has 0 aliphatic heterocycles. The average molecular weight is 832 g/mol. The second kappa shape index (κ2) is 13.7. The van der Waals surface area contributed by atoms with E-state index in [4.69, 9.17) is 26.1 Å². The minimum Gasteiger partial charge on any atom is -0.490 e. The smallest absolute Gasteiger partial charge is 0.282 e. The van der Waals surface area contributed by atoms with E-state index in [1.165, 1.54) is 11.1 Å². The van der Waals surface area contributed by atoms with E-state index in [1.54, 1.807) is 12.3 Å². The van der Waals surface area contributed by atoms with Crippen LogP contribution >= 0.6 is 75.3 Å². The van der Waals surface area contributed by atoms with Gasteiger partial charge in [0.1, 0.15) is 17.5 Å². The van der Waals surface area contributed by atoms with E-state index >= 15 is 0 Å². The van der Waals surface area contributed by atoms with Crippen molar-refractivity contribution in [2.75, 3.05) is 6.61 Å². The van der Waals surface area contributed by atoms with Crippen molar-refractivity contribution in [2.45, 2.75) is 51.6 Å². The highest BCUT2D eigenvalue weighted by atomic mass is 79.9. The molecule has 0 N–H and O–H groups in total. The summed E-state index contributed by atoms with van der Waals surface area (Å²) in [6, 6.07) is 13.3. The van der Waals surface area contributed by atoms with E-state index in [2.05, 4.69) is 68.8 Å². The van der Waals surface area contributed by atoms with Crippen LogP contribution in [0.25, 0.3) is 10.9 Å². The maximum Gasteiger partial charge on any atom is 0.282 e. The molecule has 1 aliphatic rings. The quantitative estimate of drug-likeness (QED) is 0.166. The Morgan fingerprint density at radius 3 is 2.49 bits per heavy atom. The largest absolute Gasteiger partial charge is 0.490 e. The first-order valence-electron chi connectivity index (χ1n) is 13.2. The third kappa shape index (κ3) is 6.93. The number of halogens is 5. The maximum atomic E-state index is 13.7. The van der Waals surface area contributed by atoms with Gasteiger partial charge in [-0.2, -0.15) is 9.78 Å². The van der Waals surface area contributed by atoms with Crippen molar-refractivity contribution in [1.82, 2.24) is 9.66 Å². The highest BCUT2D eigenvalue weighted by Crippen LogP contribution is 2.43. The van der Waals surface area contributed by atoms with Crippen molar-refractivity contribution in [1.29, 1.82) is 0 Å². The van der Waals surface area contributed by atoms with Gasteiger partial charge in [0.25, 0.3) is 5.56 Å². The van der Waals surface area contributed by atoms with E-state index in [9.17, 15) is 4.79 Å². The monoisotopic (exact) mass is 827 g/mol. The summed E-state index contributed by atoms with van der Waals surface area (Å²) in [5, 5.41) is 5.54. The van der Waals surface area contributed by atoms with E-state index < -0.39 is 0 Å². The van der Waals surface area contributed by atoms with Gasteiger partial charge < -0.3 is 9.47 Å². The van der Waals surface area contributed by atoms with Crippen LogP contribution in [0.15, 0.2) is 70.3 Å². The van der Waals surface area contributed by atoms with Gasteiger partial charge in [-0.05, 0) is 72.1 Å². The van der Waals surface area contributed by atoms with Gasteiger partial charge in [0.05, 0.1) is 23.7 Å². The number of aromatic nitrogens is 2. The Morgan fingerprint density at radius 1 is 1.02 bits per heavy atom. The Labute approximate surface area is 277 Å². The van der Waals surface area contributed by atoms with Crippen LogP contribution in [0.3, 0.4) is 0 Å². The minimum absolute atomic E-state index is 0.168. The van der Waals surface area contributed by atoms with Crippen molar-refractivity contribution < 1.29 is 9.47 Å². The van der Waals surface area contributed by atoms with E-state index in [-0.39, 0.29) is 18.1 Å². The third-order valence-electron chi connectivity index (χ3n) is 6.96. The SMILES string of the molecule is CCOc1cc(C=Nn2c(C3CCCCC3)nc3ccc(Br)cc3c2=O)c(Br)c(Cl)c1OCc1ccc(Br)cc1Br. The van der Waals surface area contributed by atoms with E-state index in [0.717, 1.165) is 44.7 Å². The molecule has 1 aromatic heterocycles. The Bertz CT molecular complexity index is 1690. The van der Waals surface area contributed by atoms with Crippen LogP contribution in [-0.4, -0.2) is 22.5 Å². The molecule has 0 amide bonds. The van der Waals surface area contributed by atoms with Crippen LogP contribution in [0.1, 0.15) is 61.9 Å². The zero-order chi connectivity index (χ0) is 29.1. The van der Waals surface area contributed by atoms with Gasteiger partial charge in [0.2, 0.25) is 0 Å². The van der Waals surface area contributed by atoms with E-state index in [0.29, 0.717) is 49.9 Å². The zero-order valence-electron chi connectivity index (χ0n) is 22.1. The fourth-order valence-electron chi connectivity index (χ4n) is 4.91. The Hall–Kier alpha value is -1.72. The summed E-state index contributed by atoms with van der Waals surface area (Å²) in [4.78, 5) is 18.6. The molecule has 214 valence electrons. The fourth-order valence-corrected chi connectivity index (χ4v) is 7.08. The maximum absolute atomic E-state index is 13.7. The standard InChI is InChI=1S/C30H26Br4ClN3O3/c1-2-40-25-12-19(26(34)27(35)28(25)41-16-18-8-9-21(32)14-23(18)33)15-36-38-29(17-6-4-3-5-7-17)37-24-11-10-20(31)13-22(24)30(38)39/h8-15,17H,2-7,16H2,1H3. The topological polar surface area (TPSA) is 65.7 Å². The van der Waals surface area contributed by atoms with Crippen LogP contribution in [-0.2, 0) is 6.61 Å². The van der Waals surface area contributed by atoms with Crippen LogP contribution in [0.2, 0.25) is 5.02 Å². The summed E-state index contributed by atoms with van der Waals surface area (Å²) in [6.07, 6.45) is 7.00. The van der Waals surface area contributed by atoms with Crippen LogP contribution < -0.4 is 15.0 Å². The molecule has 41 heavy (non-hydrogen) atoms. The van der Waals surface area contributed by atoms with Gasteiger partial charge in [0.15, 0.2) is 11.5 Å². The number of ether oxygens (including phenoxy) is 2.